The highest BCUT2D eigenvalue weighted by Crippen LogP contribution is 2.26. The molecule has 10 heteroatoms. The Balaban J connectivity index is 1.19. The molecule has 0 aliphatic carbocycles. The van der Waals surface area contributed by atoms with E-state index in [0.29, 0.717) is 29.4 Å². The molecule has 10 nitrogen and oxygen atoms in total. The molecule has 45 heavy (non-hydrogen) atoms. The summed E-state index contributed by atoms with van der Waals surface area (Å²) in [4.78, 5) is 38.5. The summed E-state index contributed by atoms with van der Waals surface area (Å²) in [5, 5.41) is 12.3. The summed E-state index contributed by atoms with van der Waals surface area (Å²) in [6, 6.07) is 26.0. The largest absolute Gasteiger partial charge is 0.444 e. The number of hydrogen-bond donors (Lipinski definition) is 4. The molecule has 0 spiro atoms. The Morgan fingerprint density at radius 1 is 0.822 bits per heavy atom. The van der Waals surface area contributed by atoms with Gasteiger partial charge in [-0.2, -0.15) is 0 Å². The van der Waals surface area contributed by atoms with Crippen molar-refractivity contribution < 1.29 is 14.3 Å². The van der Waals surface area contributed by atoms with Crippen molar-refractivity contribution in [2.45, 2.75) is 39.8 Å². The van der Waals surface area contributed by atoms with Crippen molar-refractivity contribution in [1.82, 2.24) is 15.0 Å². The predicted octanol–water partition coefficient (Wildman–Crippen LogP) is 7.80. The molecule has 0 bridgehead atoms. The maximum atomic E-state index is 13.0. The molecule has 0 saturated heterocycles. The van der Waals surface area contributed by atoms with E-state index in [1.165, 1.54) is 0 Å². The smallest absolute Gasteiger partial charge is 0.412 e. The first kappa shape index (κ1) is 30.7. The maximum absolute atomic E-state index is 13.0. The van der Waals surface area contributed by atoms with Crippen LogP contribution in [0.5, 0.6) is 0 Å². The molecule has 0 unspecified atom stereocenters. The van der Waals surface area contributed by atoms with Gasteiger partial charge >= 0.3 is 6.09 Å². The number of aryl methyl sites for hydroxylation is 1. The van der Waals surface area contributed by atoms with Gasteiger partial charge in [-0.05, 0) is 93.4 Å². The van der Waals surface area contributed by atoms with Gasteiger partial charge < -0.3 is 20.7 Å². The van der Waals surface area contributed by atoms with Crippen molar-refractivity contribution >= 4 is 40.7 Å². The molecule has 4 N–H and O–H groups in total. The number of benzene rings is 3. The lowest BCUT2D eigenvalue weighted by molar-refractivity contribution is 0.0635. The summed E-state index contributed by atoms with van der Waals surface area (Å²) in [5.74, 6) is 0.200. The molecule has 2 amide bonds. The van der Waals surface area contributed by atoms with Gasteiger partial charge in [0.15, 0.2) is 0 Å². The fourth-order valence-electron chi connectivity index (χ4n) is 4.37. The molecule has 5 rings (SSSR count). The molecule has 2 aromatic heterocycles. The van der Waals surface area contributed by atoms with Crippen LogP contribution in [0.2, 0.25) is 0 Å². The lowest BCUT2D eigenvalue weighted by Crippen LogP contribution is -2.27. The van der Waals surface area contributed by atoms with Crippen molar-refractivity contribution in [2.24, 2.45) is 0 Å². The summed E-state index contributed by atoms with van der Waals surface area (Å²) < 4.78 is 5.33. The van der Waals surface area contributed by atoms with Crippen LogP contribution < -0.4 is 21.3 Å². The van der Waals surface area contributed by atoms with Gasteiger partial charge in [-0.25, -0.2) is 14.8 Å². The number of aromatic nitrogens is 3. The molecule has 228 valence electrons. The van der Waals surface area contributed by atoms with Gasteiger partial charge in [0.2, 0.25) is 5.95 Å². The Kier molecular flexibility index (Phi) is 9.33. The third-order valence-corrected chi connectivity index (χ3v) is 6.62. The van der Waals surface area contributed by atoms with E-state index < -0.39 is 11.7 Å². The highest BCUT2D eigenvalue weighted by molar-refractivity contribution is 6.06. The number of ether oxygens (including phenoxy) is 1. The number of anilines is 5. The van der Waals surface area contributed by atoms with Gasteiger partial charge in [0.25, 0.3) is 5.91 Å². The summed E-state index contributed by atoms with van der Waals surface area (Å²) in [5.41, 5.74) is 6.32. The Labute approximate surface area is 262 Å². The van der Waals surface area contributed by atoms with E-state index >= 15 is 0 Å². The number of nitrogens with one attached hydrogen (secondary N) is 4. The molecule has 0 fully saturated rings. The highest BCUT2D eigenvalue weighted by Gasteiger charge is 2.18. The van der Waals surface area contributed by atoms with Gasteiger partial charge in [-0.3, -0.25) is 15.1 Å². The minimum atomic E-state index is -0.639. The second kappa shape index (κ2) is 13.7. The summed E-state index contributed by atoms with van der Waals surface area (Å²) in [6.07, 6.45) is 4.62. The minimum absolute atomic E-state index is 0.294. The third-order valence-electron chi connectivity index (χ3n) is 6.62. The number of carbonyl (C=O) groups is 2. The zero-order valence-electron chi connectivity index (χ0n) is 25.6. The van der Waals surface area contributed by atoms with Gasteiger partial charge in [-0.1, -0.05) is 30.3 Å². The third kappa shape index (κ3) is 8.64. The van der Waals surface area contributed by atoms with Crippen LogP contribution in [0.1, 0.15) is 42.3 Å². The highest BCUT2D eigenvalue weighted by atomic mass is 16.6. The molecule has 0 atom stereocenters. The van der Waals surface area contributed by atoms with Crippen LogP contribution in [-0.2, 0) is 11.3 Å². The van der Waals surface area contributed by atoms with E-state index in [1.54, 1.807) is 75.8 Å². The average molecular weight is 602 g/mol. The molecule has 0 aliphatic heterocycles. The summed E-state index contributed by atoms with van der Waals surface area (Å²) in [6.45, 7) is 7.94. The zero-order chi connectivity index (χ0) is 31.8. The van der Waals surface area contributed by atoms with Crippen molar-refractivity contribution in [2.75, 3.05) is 21.3 Å². The Morgan fingerprint density at radius 3 is 2.29 bits per heavy atom. The molecule has 0 radical (unpaired) electrons. The van der Waals surface area contributed by atoms with Crippen LogP contribution in [0.25, 0.3) is 11.3 Å². The number of para-hydroxylation sites is 2. The summed E-state index contributed by atoms with van der Waals surface area (Å²) >= 11 is 0. The van der Waals surface area contributed by atoms with E-state index in [-0.39, 0.29) is 5.91 Å². The SMILES string of the molecule is Cc1ccc(NCc2ccc(C(=O)Nc3ccccc3NC(=O)OC(C)(C)C)cc2)cc1Nc1nccc(-c2cccnc2)n1. The molecule has 3 aromatic carbocycles. The molecule has 0 aliphatic rings. The first-order valence-electron chi connectivity index (χ1n) is 14.5. The van der Waals surface area contributed by atoms with E-state index in [1.807, 2.05) is 55.5 Å². The number of carbonyl (C=O) groups excluding carboxylic acids is 2. The zero-order valence-corrected chi connectivity index (χ0v) is 25.6. The second-order valence-corrected chi connectivity index (χ2v) is 11.3. The standard InChI is InChI=1S/C35H35N7O3/c1-23-11-16-27(20-31(23)41-33-37-19-17-28(40-33)26-8-7-18-36-22-26)38-21-24-12-14-25(15-13-24)32(43)39-29-9-5-6-10-30(29)42-34(44)45-35(2,3)4/h5-20,22,38H,21H2,1-4H3,(H,39,43)(H,42,44)(H,37,40,41). The normalized spacial score (nSPS) is 10.9. The molecule has 5 aromatic rings. The van der Waals surface area contributed by atoms with Gasteiger partial charge in [-0.15, -0.1) is 0 Å². The molecule has 0 saturated carbocycles. The lowest BCUT2D eigenvalue weighted by atomic mass is 10.1. The Hall–Kier alpha value is -5.77. The number of nitrogens with zero attached hydrogens (tertiary/aromatic N) is 3. The maximum Gasteiger partial charge on any atom is 0.412 e. The van der Waals surface area contributed by atoms with Crippen LogP contribution in [-0.4, -0.2) is 32.6 Å². The average Bonchev–Trinajstić information content (AvgIpc) is 3.02. The van der Waals surface area contributed by atoms with Crippen LogP contribution in [0.4, 0.5) is 33.5 Å². The van der Waals surface area contributed by atoms with Crippen molar-refractivity contribution in [1.29, 1.82) is 0 Å². The first-order valence-corrected chi connectivity index (χ1v) is 14.5. The van der Waals surface area contributed by atoms with Crippen LogP contribution >= 0.6 is 0 Å². The van der Waals surface area contributed by atoms with Gasteiger partial charge in [0.1, 0.15) is 5.60 Å². The fourth-order valence-corrected chi connectivity index (χ4v) is 4.37. The topological polar surface area (TPSA) is 130 Å². The number of amides is 2. The van der Waals surface area contributed by atoms with Crippen molar-refractivity contribution in [3.8, 4) is 11.3 Å². The van der Waals surface area contributed by atoms with Gasteiger partial charge in [0.05, 0.1) is 17.1 Å². The van der Waals surface area contributed by atoms with E-state index in [2.05, 4.69) is 36.2 Å². The molecular formula is C35H35N7O3. The Morgan fingerprint density at radius 2 is 1.58 bits per heavy atom. The summed E-state index contributed by atoms with van der Waals surface area (Å²) in [7, 11) is 0. The van der Waals surface area contributed by atoms with E-state index in [9.17, 15) is 9.59 Å². The van der Waals surface area contributed by atoms with Crippen LogP contribution in [0.15, 0.2) is 104 Å². The monoisotopic (exact) mass is 601 g/mol. The van der Waals surface area contributed by atoms with E-state index in [0.717, 1.165) is 33.8 Å². The molecular weight excluding hydrogens is 566 g/mol. The number of hydrogen-bond acceptors (Lipinski definition) is 8. The fraction of sp³-hybridized carbons (Fsp3) is 0.171. The first-order chi connectivity index (χ1) is 21.6. The Bertz CT molecular complexity index is 1790. The molecule has 2 heterocycles. The van der Waals surface area contributed by atoms with Crippen molar-refractivity contribution in [3.63, 3.8) is 0 Å². The minimum Gasteiger partial charge on any atom is -0.444 e. The second-order valence-electron chi connectivity index (χ2n) is 11.3. The number of rotatable bonds is 9. The predicted molar refractivity (Wildman–Crippen MR) is 178 cm³/mol. The lowest BCUT2D eigenvalue weighted by Gasteiger charge is -2.20. The quantitative estimate of drug-likeness (QED) is 0.135. The van der Waals surface area contributed by atoms with Crippen molar-refractivity contribution in [3.05, 3.63) is 120 Å². The van der Waals surface area contributed by atoms with Crippen LogP contribution in [0.3, 0.4) is 0 Å². The van der Waals surface area contributed by atoms with Gasteiger partial charge in [0, 0.05) is 47.6 Å². The number of pyridine rings is 1. The van der Waals surface area contributed by atoms with E-state index in [4.69, 9.17) is 4.74 Å². The van der Waals surface area contributed by atoms with Crippen LogP contribution in [0, 0.1) is 6.92 Å².